The third-order valence-electron chi connectivity index (χ3n) is 2.08. The van der Waals surface area contributed by atoms with E-state index in [2.05, 4.69) is 10.3 Å². The number of H-pyrrole nitrogens is 1. The number of carbonyl (C=O) groups excluding carboxylic acids is 1. The number of rotatable bonds is 4. The first-order valence-corrected chi connectivity index (χ1v) is 4.77. The van der Waals surface area contributed by atoms with E-state index in [0.717, 1.165) is 0 Å². The molecule has 0 fully saturated rings. The fourth-order valence-corrected chi connectivity index (χ4v) is 1.17. The Balaban J connectivity index is 2.84. The molecule has 0 aliphatic rings. The van der Waals surface area contributed by atoms with Crippen LogP contribution in [0.15, 0.2) is 23.3 Å². The summed E-state index contributed by atoms with van der Waals surface area (Å²) in [5.41, 5.74) is -0.543. The van der Waals surface area contributed by atoms with Crippen molar-refractivity contribution in [2.75, 3.05) is 0 Å². The van der Waals surface area contributed by atoms with Crippen molar-refractivity contribution in [3.8, 4) is 0 Å². The molecule has 16 heavy (non-hydrogen) atoms. The molecule has 0 bridgehead atoms. The van der Waals surface area contributed by atoms with Gasteiger partial charge < -0.3 is 15.4 Å². The molecule has 1 aromatic rings. The van der Waals surface area contributed by atoms with Gasteiger partial charge in [-0.25, -0.2) is 4.79 Å². The maximum absolute atomic E-state index is 11.5. The normalized spacial score (nSPS) is 11.8. The maximum Gasteiger partial charge on any atom is 0.326 e. The Labute approximate surface area is 91.3 Å². The number of carboxylic acid groups (broad SMARTS) is 1. The van der Waals surface area contributed by atoms with Gasteiger partial charge in [0.05, 0.1) is 0 Å². The molecule has 0 saturated carbocycles. The van der Waals surface area contributed by atoms with Gasteiger partial charge in [-0.1, -0.05) is 6.92 Å². The van der Waals surface area contributed by atoms with Gasteiger partial charge in [0.2, 0.25) is 0 Å². The molecule has 0 aliphatic heterocycles. The molecular weight excluding hydrogens is 212 g/mol. The van der Waals surface area contributed by atoms with Gasteiger partial charge >= 0.3 is 5.97 Å². The molecule has 0 saturated heterocycles. The second kappa shape index (κ2) is 5.11. The van der Waals surface area contributed by atoms with Gasteiger partial charge in [-0.2, -0.15) is 0 Å². The Kier molecular flexibility index (Phi) is 3.82. The number of aromatic amines is 1. The van der Waals surface area contributed by atoms with Gasteiger partial charge in [0.1, 0.15) is 11.6 Å². The molecule has 0 radical (unpaired) electrons. The minimum absolute atomic E-state index is 0.0952. The molecule has 1 aromatic heterocycles. The Bertz CT molecular complexity index is 452. The van der Waals surface area contributed by atoms with Crippen LogP contribution in [0.4, 0.5) is 0 Å². The van der Waals surface area contributed by atoms with Crippen molar-refractivity contribution in [1.29, 1.82) is 0 Å². The zero-order chi connectivity index (χ0) is 12.1. The van der Waals surface area contributed by atoms with Crippen molar-refractivity contribution in [3.63, 3.8) is 0 Å². The van der Waals surface area contributed by atoms with Crippen LogP contribution >= 0.6 is 0 Å². The predicted octanol–water partition coefficient (Wildman–Crippen LogP) is -0.0321. The Morgan fingerprint density at radius 3 is 2.75 bits per heavy atom. The summed E-state index contributed by atoms with van der Waals surface area (Å²) in [5, 5.41) is 11.0. The van der Waals surface area contributed by atoms with E-state index in [1.165, 1.54) is 18.5 Å². The number of amides is 1. The lowest BCUT2D eigenvalue weighted by molar-refractivity contribution is -0.139. The highest BCUT2D eigenvalue weighted by Crippen LogP contribution is 1.94. The van der Waals surface area contributed by atoms with Crippen LogP contribution < -0.4 is 10.7 Å². The van der Waals surface area contributed by atoms with Gasteiger partial charge in [0.25, 0.3) is 5.91 Å². The average molecular weight is 224 g/mol. The Hall–Kier alpha value is -2.11. The Morgan fingerprint density at radius 2 is 2.25 bits per heavy atom. The van der Waals surface area contributed by atoms with Crippen LogP contribution in [0.3, 0.4) is 0 Å². The lowest BCUT2D eigenvalue weighted by Crippen LogP contribution is -2.41. The molecule has 3 N–H and O–H groups in total. The maximum atomic E-state index is 11.5. The van der Waals surface area contributed by atoms with E-state index >= 15 is 0 Å². The molecule has 0 aromatic carbocycles. The highest BCUT2D eigenvalue weighted by molar-refractivity contribution is 5.96. The zero-order valence-corrected chi connectivity index (χ0v) is 8.69. The first-order valence-electron chi connectivity index (χ1n) is 4.77. The SMILES string of the molecule is CC[C@H](NC(=O)c1c[nH]ccc1=O)C(=O)O. The summed E-state index contributed by atoms with van der Waals surface area (Å²) in [6.45, 7) is 1.63. The van der Waals surface area contributed by atoms with Crippen LogP contribution in [0.25, 0.3) is 0 Å². The number of carboxylic acids is 1. The van der Waals surface area contributed by atoms with Crippen molar-refractivity contribution in [2.24, 2.45) is 0 Å². The second-order valence-electron chi connectivity index (χ2n) is 3.19. The van der Waals surface area contributed by atoms with E-state index in [1.54, 1.807) is 6.92 Å². The number of carbonyl (C=O) groups is 2. The largest absolute Gasteiger partial charge is 0.480 e. The molecule has 1 amide bonds. The van der Waals surface area contributed by atoms with Gasteiger partial charge in [-0.3, -0.25) is 9.59 Å². The molecule has 6 nitrogen and oxygen atoms in total. The quantitative estimate of drug-likeness (QED) is 0.668. The number of nitrogens with one attached hydrogen (secondary N) is 2. The summed E-state index contributed by atoms with van der Waals surface area (Å²) in [4.78, 5) is 36.1. The van der Waals surface area contributed by atoms with Gasteiger partial charge in [0, 0.05) is 18.5 Å². The van der Waals surface area contributed by atoms with Crippen molar-refractivity contribution in [2.45, 2.75) is 19.4 Å². The number of aromatic nitrogens is 1. The monoisotopic (exact) mass is 224 g/mol. The fraction of sp³-hybridized carbons (Fsp3) is 0.300. The van der Waals surface area contributed by atoms with E-state index in [0.29, 0.717) is 0 Å². The lowest BCUT2D eigenvalue weighted by atomic mass is 10.2. The van der Waals surface area contributed by atoms with Crippen LogP contribution in [0.2, 0.25) is 0 Å². The molecule has 1 rings (SSSR count). The minimum atomic E-state index is -1.12. The highest BCUT2D eigenvalue weighted by atomic mass is 16.4. The highest BCUT2D eigenvalue weighted by Gasteiger charge is 2.19. The fourth-order valence-electron chi connectivity index (χ4n) is 1.17. The van der Waals surface area contributed by atoms with Crippen molar-refractivity contribution in [3.05, 3.63) is 34.2 Å². The van der Waals surface area contributed by atoms with E-state index < -0.39 is 23.3 Å². The first-order chi connectivity index (χ1) is 7.56. The van der Waals surface area contributed by atoms with Crippen LogP contribution in [-0.2, 0) is 4.79 Å². The van der Waals surface area contributed by atoms with E-state index in [1.807, 2.05) is 0 Å². The molecule has 1 atom stereocenters. The molecule has 86 valence electrons. The van der Waals surface area contributed by atoms with Crippen LogP contribution in [0.5, 0.6) is 0 Å². The minimum Gasteiger partial charge on any atom is -0.480 e. The molecule has 0 aliphatic carbocycles. The average Bonchev–Trinajstić information content (AvgIpc) is 2.25. The molecule has 0 unspecified atom stereocenters. The summed E-state index contributed by atoms with van der Waals surface area (Å²) in [7, 11) is 0. The third kappa shape index (κ3) is 2.69. The van der Waals surface area contributed by atoms with Crippen LogP contribution in [0, 0.1) is 0 Å². The second-order valence-corrected chi connectivity index (χ2v) is 3.19. The third-order valence-corrected chi connectivity index (χ3v) is 2.08. The van der Waals surface area contributed by atoms with E-state index in [4.69, 9.17) is 5.11 Å². The van der Waals surface area contributed by atoms with Gasteiger partial charge in [-0.15, -0.1) is 0 Å². The predicted molar refractivity (Wildman–Crippen MR) is 56.2 cm³/mol. The topological polar surface area (TPSA) is 99.3 Å². The number of pyridine rings is 1. The molecular formula is C10H12N2O4. The van der Waals surface area contributed by atoms with Gasteiger partial charge in [-0.05, 0) is 6.42 Å². The Morgan fingerprint density at radius 1 is 1.56 bits per heavy atom. The van der Waals surface area contributed by atoms with E-state index in [9.17, 15) is 14.4 Å². The van der Waals surface area contributed by atoms with E-state index in [-0.39, 0.29) is 12.0 Å². The summed E-state index contributed by atoms with van der Waals surface area (Å²) in [5.74, 6) is -1.81. The molecule has 6 heteroatoms. The zero-order valence-electron chi connectivity index (χ0n) is 8.69. The lowest BCUT2D eigenvalue weighted by Gasteiger charge is -2.11. The summed E-state index contributed by atoms with van der Waals surface area (Å²) < 4.78 is 0. The number of hydrogen-bond acceptors (Lipinski definition) is 3. The molecule has 1 heterocycles. The molecule has 0 spiro atoms. The summed E-state index contributed by atoms with van der Waals surface area (Å²) in [6.07, 6.45) is 2.89. The smallest absolute Gasteiger partial charge is 0.326 e. The standard InChI is InChI=1S/C10H12N2O4/c1-2-7(10(15)16)12-9(14)6-5-11-4-3-8(6)13/h3-5,7H,2H2,1H3,(H,11,13)(H,12,14)(H,15,16)/t7-/m0/s1. The van der Waals surface area contributed by atoms with Crippen molar-refractivity contribution >= 4 is 11.9 Å². The summed E-state index contributed by atoms with van der Waals surface area (Å²) in [6, 6.07) is 0.225. The van der Waals surface area contributed by atoms with Crippen LogP contribution in [-0.4, -0.2) is 28.0 Å². The van der Waals surface area contributed by atoms with Crippen molar-refractivity contribution in [1.82, 2.24) is 10.3 Å². The summed E-state index contributed by atoms with van der Waals surface area (Å²) >= 11 is 0. The first kappa shape index (κ1) is 12.0. The number of aliphatic carboxylic acids is 1. The van der Waals surface area contributed by atoms with Gasteiger partial charge in [0.15, 0.2) is 5.43 Å². The van der Waals surface area contributed by atoms with Crippen molar-refractivity contribution < 1.29 is 14.7 Å². The van der Waals surface area contributed by atoms with Crippen LogP contribution in [0.1, 0.15) is 23.7 Å². The number of hydrogen-bond donors (Lipinski definition) is 3.